The van der Waals surface area contributed by atoms with E-state index in [-0.39, 0.29) is 35.9 Å². The third-order valence-electron chi connectivity index (χ3n) is 4.85. The molecule has 1 aliphatic heterocycles. The molecule has 0 spiro atoms. The van der Waals surface area contributed by atoms with Crippen molar-refractivity contribution in [1.82, 2.24) is 14.9 Å². The number of hydrogen-bond acceptors (Lipinski definition) is 4. The number of carbonyl (C=O) groups is 2. The lowest BCUT2D eigenvalue weighted by Crippen LogP contribution is -2.36. The first-order chi connectivity index (χ1) is 14.4. The van der Waals surface area contributed by atoms with Gasteiger partial charge in [0.05, 0.1) is 11.4 Å². The van der Waals surface area contributed by atoms with Gasteiger partial charge in [0.2, 0.25) is 15.9 Å². The molecule has 156 valence electrons. The molecule has 0 bridgehead atoms. The zero-order chi connectivity index (χ0) is 21.6. The molecule has 0 aliphatic carbocycles. The van der Waals surface area contributed by atoms with E-state index < -0.39 is 15.9 Å². The normalized spacial score (nSPS) is 13.7. The number of carbonyl (C=O) groups excluding carboxylic acids is 2. The maximum Gasteiger partial charge on any atom is 0.251 e. The first kappa shape index (κ1) is 21.6. The molecule has 2 aromatic rings. The summed E-state index contributed by atoms with van der Waals surface area (Å²) >= 11 is 0. The topological polar surface area (TPSA) is 95.6 Å². The quantitative estimate of drug-likeness (QED) is 0.654. The second kappa shape index (κ2) is 9.57. The van der Waals surface area contributed by atoms with Crippen LogP contribution in [0.15, 0.2) is 53.4 Å². The van der Waals surface area contributed by atoms with Crippen molar-refractivity contribution >= 4 is 21.8 Å². The maximum absolute atomic E-state index is 13.1. The van der Waals surface area contributed by atoms with Crippen molar-refractivity contribution in [1.29, 1.82) is 0 Å². The molecule has 1 heterocycles. The minimum Gasteiger partial charge on any atom is -0.352 e. The highest BCUT2D eigenvalue weighted by molar-refractivity contribution is 7.89. The number of nitrogens with zero attached hydrogens (tertiary/aromatic N) is 1. The highest BCUT2D eigenvalue weighted by Crippen LogP contribution is 2.25. The minimum absolute atomic E-state index is 0.0706. The molecule has 2 amide bonds. The summed E-state index contributed by atoms with van der Waals surface area (Å²) in [4.78, 5) is 24.0. The van der Waals surface area contributed by atoms with Crippen LogP contribution in [0.25, 0.3) is 0 Å². The van der Waals surface area contributed by atoms with Crippen LogP contribution in [0.4, 0.5) is 0 Å². The molecule has 7 nitrogen and oxygen atoms in total. The van der Waals surface area contributed by atoms with Crippen LogP contribution in [0.1, 0.15) is 27.9 Å². The monoisotopic (exact) mass is 425 g/mol. The van der Waals surface area contributed by atoms with E-state index in [0.29, 0.717) is 19.5 Å². The summed E-state index contributed by atoms with van der Waals surface area (Å²) in [5.41, 5.74) is 2.37. The van der Waals surface area contributed by atoms with Gasteiger partial charge in [-0.2, -0.15) is 4.31 Å². The fraction of sp³-hybridized carbons (Fsp3) is 0.273. The molecule has 0 aromatic heterocycles. The van der Waals surface area contributed by atoms with Gasteiger partial charge >= 0.3 is 0 Å². The summed E-state index contributed by atoms with van der Waals surface area (Å²) < 4.78 is 27.6. The Morgan fingerprint density at radius 3 is 2.60 bits per heavy atom. The lowest BCUT2D eigenvalue weighted by atomic mass is 10.0. The van der Waals surface area contributed by atoms with Crippen molar-refractivity contribution < 1.29 is 18.0 Å². The largest absolute Gasteiger partial charge is 0.352 e. The number of benzene rings is 2. The molecule has 0 fully saturated rings. The van der Waals surface area contributed by atoms with Crippen LogP contribution in [-0.2, 0) is 27.8 Å². The number of fused-ring (bicyclic) bond motifs is 1. The molecule has 1 aliphatic rings. The van der Waals surface area contributed by atoms with Gasteiger partial charge in [-0.1, -0.05) is 36.3 Å². The third kappa shape index (κ3) is 5.06. The van der Waals surface area contributed by atoms with Gasteiger partial charge in [0.15, 0.2) is 0 Å². The Labute approximate surface area is 176 Å². The Bertz CT molecular complexity index is 1090. The molecule has 2 aromatic carbocycles. The summed E-state index contributed by atoms with van der Waals surface area (Å²) in [5, 5.41) is 5.12. The minimum atomic E-state index is -3.73. The maximum atomic E-state index is 13.1. The van der Waals surface area contributed by atoms with Crippen LogP contribution in [0.2, 0.25) is 0 Å². The van der Waals surface area contributed by atoms with Gasteiger partial charge < -0.3 is 10.6 Å². The summed E-state index contributed by atoms with van der Waals surface area (Å²) in [6.07, 6.45) is 5.80. The SMILES string of the molecule is C#CCNC(=O)CCNC(=O)c1cccc(S(=O)(=O)N2CCc3ccccc3C2)c1. The van der Waals surface area contributed by atoms with E-state index >= 15 is 0 Å². The van der Waals surface area contributed by atoms with E-state index in [1.807, 2.05) is 24.3 Å². The molecule has 0 atom stereocenters. The number of hydrogen-bond donors (Lipinski definition) is 2. The van der Waals surface area contributed by atoms with Crippen molar-refractivity contribution in [3.8, 4) is 12.3 Å². The van der Waals surface area contributed by atoms with Crippen LogP contribution in [0.5, 0.6) is 0 Å². The van der Waals surface area contributed by atoms with Gasteiger partial charge in [0.25, 0.3) is 5.91 Å². The molecular formula is C22H23N3O4S. The van der Waals surface area contributed by atoms with Gasteiger partial charge in [0.1, 0.15) is 0 Å². The summed E-state index contributed by atoms with van der Waals surface area (Å²) in [6, 6.07) is 13.7. The van der Waals surface area contributed by atoms with Crippen LogP contribution in [0.3, 0.4) is 0 Å². The molecule has 0 unspecified atom stereocenters. The highest BCUT2D eigenvalue weighted by atomic mass is 32.2. The average Bonchev–Trinajstić information content (AvgIpc) is 2.77. The standard InChI is InChI=1S/C22H23N3O4S/c1-2-12-23-21(26)10-13-24-22(27)18-8-5-9-20(15-18)30(28,29)25-14-11-17-6-3-4-7-19(17)16-25/h1,3-9,15H,10-14,16H2,(H,23,26)(H,24,27). The van der Waals surface area contributed by atoms with E-state index in [4.69, 9.17) is 6.42 Å². The average molecular weight is 426 g/mol. The highest BCUT2D eigenvalue weighted by Gasteiger charge is 2.28. The van der Waals surface area contributed by atoms with Crippen LogP contribution in [0, 0.1) is 12.3 Å². The summed E-state index contributed by atoms with van der Waals surface area (Å²) in [5.74, 6) is 1.58. The van der Waals surface area contributed by atoms with E-state index in [1.165, 1.54) is 22.5 Å². The van der Waals surface area contributed by atoms with Gasteiger partial charge in [-0.05, 0) is 35.7 Å². The molecule has 3 rings (SSSR count). The number of terminal acetylenes is 1. The first-order valence-corrected chi connectivity index (χ1v) is 11.0. The van der Waals surface area contributed by atoms with E-state index in [0.717, 1.165) is 11.1 Å². The van der Waals surface area contributed by atoms with Crippen LogP contribution in [-0.4, -0.2) is 44.2 Å². The number of sulfonamides is 1. The van der Waals surface area contributed by atoms with E-state index in [1.54, 1.807) is 6.07 Å². The van der Waals surface area contributed by atoms with Gasteiger partial charge in [-0.15, -0.1) is 6.42 Å². The van der Waals surface area contributed by atoms with Crippen molar-refractivity contribution in [3.63, 3.8) is 0 Å². The fourth-order valence-electron chi connectivity index (χ4n) is 3.25. The summed E-state index contributed by atoms with van der Waals surface area (Å²) in [7, 11) is -3.73. The smallest absolute Gasteiger partial charge is 0.251 e. The predicted molar refractivity (Wildman–Crippen MR) is 113 cm³/mol. The molecule has 0 radical (unpaired) electrons. The zero-order valence-corrected chi connectivity index (χ0v) is 17.2. The molecule has 2 N–H and O–H groups in total. The van der Waals surface area contributed by atoms with Gasteiger partial charge in [0, 0.05) is 31.6 Å². The van der Waals surface area contributed by atoms with Crippen molar-refractivity contribution in [2.45, 2.75) is 24.3 Å². The zero-order valence-electron chi connectivity index (χ0n) is 16.4. The first-order valence-electron chi connectivity index (χ1n) is 9.57. The Balaban J connectivity index is 1.66. The lowest BCUT2D eigenvalue weighted by molar-refractivity contribution is -0.120. The van der Waals surface area contributed by atoms with Crippen LogP contribution < -0.4 is 10.6 Å². The van der Waals surface area contributed by atoms with Crippen molar-refractivity contribution in [2.24, 2.45) is 0 Å². The Hall–Kier alpha value is -3.15. The van der Waals surface area contributed by atoms with Crippen molar-refractivity contribution in [3.05, 3.63) is 65.2 Å². The molecular weight excluding hydrogens is 402 g/mol. The van der Waals surface area contributed by atoms with Gasteiger partial charge in [-0.3, -0.25) is 9.59 Å². The van der Waals surface area contributed by atoms with E-state index in [9.17, 15) is 18.0 Å². The number of nitrogens with one attached hydrogen (secondary N) is 2. The fourth-order valence-corrected chi connectivity index (χ4v) is 4.72. The number of rotatable bonds is 7. The predicted octanol–water partition coefficient (Wildman–Crippen LogP) is 1.30. The summed E-state index contributed by atoms with van der Waals surface area (Å²) in [6.45, 7) is 0.951. The molecule has 30 heavy (non-hydrogen) atoms. The Morgan fingerprint density at radius 2 is 1.83 bits per heavy atom. The third-order valence-corrected chi connectivity index (χ3v) is 6.70. The Kier molecular flexibility index (Phi) is 6.87. The van der Waals surface area contributed by atoms with E-state index in [2.05, 4.69) is 16.6 Å². The number of amides is 2. The van der Waals surface area contributed by atoms with Crippen molar-refractivity contribution in [2.75, 3.05) is 19.6 Å². The molecule has 0 saturated heterocycles. The molecule has 0 saturated carbocycles. The second-order valence-corrected chi connectivity index (χ2v) is 8.81. The Morgan fingerprint density at radius 1 is 1.07 bits per heavy atom. The lowest BCUT2D eigenvalue weighted by Gasteiger charge is -2.28. The molecule has 8 heteroatoms. The van der Waals surface area contributed by atoms with Gasteiger partial charge in [-0.25, -0.2) is 8.42 Å². The second-order valence-electron chi connectivity index (χ2n) is 6.87. The van der Waals surface area contributed by atoms with Crippen LogP contribution >= 0.6 is 0 Å².